The van der Waals surface area contributed by atoms with Gasteiger partial charge >= 0.3 is 0 Å². The summed E-state index contributed by atoms with van der Waals surface area (Å²) >= 11 is 0. The lowest BCUT2D eigenvalue weighted by atomic mass is 9.68. The zero-order valence-electron chi connectivity index (χ0n) is 12.9. The maximum absolute atomic E-state index is 4.43. The molecule has 0 heterocycles. The molecule has 2 aliphatic rings. The summed E-state index contributed by atoms with van der Waals surface area (Å²) in [5.41, 5.74) is 1.73. The fraction of sp³-hybridized carbons (Fsp3) is 0.556. The first kappa shape index (κ1) is 14.2. The van der Waals surface area contributed by atoms with Gasteiger partial charge in [0.2, 0.25) is 0 Å². The van der Waals surface area contributed by atoms with Crippen molar-refractivity contribution >= 4 is 0 Å². The van der Waals surface area contributed by atoms with Crippen LogP contribution in [0.4, 0.5) is 0 Å². The van der Waals surface area contributed by atoms with Crippen molar-refractivity contribution in [3.05, 3.63) is 49.2 Å². The Bertz CT molecular complexity index is 458. The molecule has 19 heavy (non-hydrogen) atoms. The van der Waals surface area contributed by atoms with Crippen LogP contribution in [0.5, 0.6) is 0 Å². The molecule has 3 atom stereocenters. The van der Waals surface area contributed by atoms with Gasteiger partial charge < -0.3 is 4.90 Å². The fourth-order valence-electron chi connectivity index (χ4n) is 4.24. The lowest BCUT2D eigenvalue weighted by Gasteiger charge is -2.40. The first-order valence-electron chi connectivity index (χ1n) is 7.30. The summed E-state index contributed by atoms with van der Waals surface area (Å²) in [6.07, 6.45) is 14.3. The summed E-state index contributed by atoms with van der Waals surface area (Å²) in [6.45, 7) is 15.4. The molecule has 0 aromatic carbocycles. The highest BCUT2D eigenvalue weighted by molar-refractivity contribution is 5.54. The molecule has 2 aliphatic carbocycles. The van der Waals surface area contributed by atoms with Gasteiger partial charge in [-0.1, -0.05) is 64.7 Å². The normalized spacial score (nSPS) is 40.3. The highest BCUT2D eigenvalue weighted by Crippen LogP contribution is 2.74. The number of nitrogens with zero attached hydrogens (tertiary/aromatic N) is 1. The molecule has 0 bridgehead atoms. The fourth-order valence-corrected chi connectivity index (χ4v) is 4.24. The van der Waals surface area contributed by atoms with E-state index >= 15 is 0 Å². The number of hydrogen-bond donors (Lipinski definition) is 0. The van der Waals surface area contributed by atoms with Gasteiger partial charge in [-0.15, -0.1) is 0 Å². The Morgan fingerprint density at radius 1 is 1.37 bits per heavy atom. The van der Waals surface area contributed by atoms with E-state index in [4.69, 9.17) is 0 Å². The predicted molar refractivity (Wildman–Crippen MR) is 83.9 cm³/mol. The number of allylic oxidation sites excluding steroid dienone is 4. The third-order valence-corrected chi connectivity index (χ3v) is 5.75. The molecule has 0 radical (unpaired) electrons. The number of likely N-dealkylation sites (N-methyl/N-ethyl adjacent to an activating group) is 1. The van der Waals surface area contributed by atoms with Crippen LogP contribution >= 0.6 is 0 Å². The van der Waals surface area contributed by atoms with Crippen LogP contribution in [0, 0.1) is 10.8 Å². The SMILES string of the molecule is C=CN(C)C1(CCC)C(=C)C1(C)C1(C)C=CC=CC1. The molecule has 3 unspecified atom stereocenters. The quantitative estimate of drug-likeness (QED) is 0.645. The molecule has 1 saturated carbocycles. The smallest absolute Gasteiger partial charge is 0.0708 e. The Labute approximate surface area is 118 Å². The Balaban J connectivity index is 2.44. The standard InChI is InChI=1S/C18H27N/c1-7-12-18(19(6)8-2)15(3)17(18,5)16(4)13-10-9-11-14-16/h8-11,13H,2-3,7,12,14H2,1,4-6H3. The lowest BCUT2D eigenvalue weighted by molar-refractivity contribution is 0.138. The highest BCUT2D eigenvalue weighted by Gasteiger charge is 2.75. The molecule has 0 amide bonds. The van der Waals surface area contributed by atoms with Crippen LogP contribution < -0.4 is 0 Å². The molecule has 0 aromatic rings. The van der Waals surface area contributed by atoms with E-state index in [1.165, 1.54) is 12.0 Å². The summed E-state index contributed by atoms with van der Waals surface area (Å²) < 4.78 is 0. The number of hydrogen-bond acceptors (Lipinski definition) is 1. The van der Waals surface area contributed by atoms with Crippen LogP contribution in [0.25, 0.3) is 0 Å². The second-order valence-corrected chi connectivity index (χ2v) is 6.42. The van der Waals surface area contributed by atoms with Crippen molar-refractivity contribution in [2.45, 2.75) is 45.6 Å². The van der Waals surface area contributed by atoms with E-state index in [9.17, 15) is 0 Å². The van der Waals surface area contributed by atoms with Gasteiger partial charge in [0, 0.05) is 17.9 Å². The van der Waals surface area contributed by atoms with Gasteiger partial charge in [-0.2, -0.15) is 0 Å². The molecule has 1 nitrogen and oxygen atoms in total. The molecular formula is C18H27N. The minimum Gasteiger partial charge on any atom is -0.371 e. The van der Waals surface area contributed by atoms with Crippen molar-refractivity contribution in [1.82, 2.24) is 4.90 Å². The van der Waals surface area contributed by atoms with E-state index in [0.29, 0.717) is 0 Å². The Hall–Kier alpha value is -1.24. The first-order valence-corrected chi connectivity index (χ1v) is 7.30. The predicted octanol–water partition coefficient (Wildman–Crippen LogP) is 4.70. The zero-order chi connectivity index (χ0) is 14.3. The molecule has 0 aliphatic heterocycles. The first-order chi connectivity index (χ1) is 8.90. The second-order valence-electron chi connectivity index (χ2n) is 6.42. The van der Waals surface area contributed by atoms with Gasteiger partial charge in [-0.05, 0) is 24.6 Å². The third-order valence-electron chi connectivity index (χ3n) is 5.75. The van der Waals surface area contributed by atoms with Crippen LogP contribution in [0.2, 0.25) is 0 Å². The summed E-state index contributed by atoms with van der Waals surface area (Å²) in [5, 5.41) is 0. The maximum Gasteiger partial charge on any atom is 0.0708 e. The molecule has 104 valence electrons. The average Bonchev–Trinajstić information content (AvgIpc) is 2.90. The maximum atomic E-state index is 4.43. The van der Waals surface area contributed by atoms with Gasteiger partial charge in [-0.25, -0.2) is 0 Å². The lowest BCUT2D eigenvalue weighted by Crippen LogP contribution is -2.41. The van der Waals surface area contributed by atoms with Crippen LogP contribution in [-0.2, 0) is 0 Å². The molecule has 0 N–H and O–H groups in total. The largest absolute Gasteiger partial charge is 0.371 e. The van der Waals surface area contributed by atoms with Crippen molar-refractivity contribution in [1.29, 1.82) is 0 Å². The minimum absolute atomic E-state index is 0.0772. The monoisotopic (exact) mass is 257 g/mol. The minimum atomic E-state index is 0.0772. The van der Waals surface area contributed by atoms with Crippen LogP contribution in [0.3, 0.4) is 0 Å². The Morgan fingerprint density at radius 3 is 2.53 bits per heavy atom. The average molecular weight is 257 g/mol. The van der Waals surface area contributed by atoms with Crippen molar-refractivity contribution in [3.8, 4) is 0 Å². The molecular weight excluding hydrogens is 230 g/mol. The molecule has 2 rings (SSSR count). The van der Waals surface area contributed by atoms with Gasteiger partial charge in [0.05, 0.1) is 5.54 Å². The molecule has 1 heteroatoms. The van der Waals surface area contributed by atoms with E-state index in [0.717, 1.165) is 12.8 Å². The van der Waals surface area contributed by atoms with Gasteiger partial charge in [-0.3, -0.25) is 0 Å². The topological polar surface area (TPSA) is 3.24 Å². The van der Waals surface area contributed by atoms with Crippen molar-refractivity contribution in [2.75, 3.05) is 7.05 Å². The van der Waals surface area contributed by atoms with E-state index in [-0.39, 0.29) is 16.4 Å². The summed E-state index contributed by atoms with van der Waals surface area (Å²) in [6, 6.07) is 0. The molecule has 0 saturated heterocycles. The van der Waals surface area contributed by atoms with Crippen molar-refractivity contribution < 1.29 is 0 Å². The summed E-state index contributed by atoms with van der Waals surface area (Å²) in [7, 11) is 2.14. The number of rotatable bonds is 5. The highest BCUT2D eigenvalue weighted by atomic mass is 15.2. The van der Waals surface area contributed by atoms with Crippen LogP contribution in [-0.4, -0.2) is 17.5 Å². The Kier molecular flexibility index (Phi) is 3.28. The summed E-state index contributed by atoms with van der Waals surface area (Å²) in [4.78, 5) is 2.29. The van der Waals surface area contributed by atoms with Crippen LogP contribution in [0.15, 0.2) is 49.2 Å². The van der Waals surface area contributed by atoms with E-state index in [2.05, 4.69) is 70.2 Å². The Morgan fingerprint density at radius 2 is 2.05 bits per heavy atom. The molecule has 0 spiro atoms. The van der Waals surface area contributed by atoms with Gasteiger partial charge in [0.15, 0.2) is 0 Å². The zero-order valence-corrected chi connectivity index (χ0v) is 12.9. The van der Waals surface area contributed by atoms with Crippen molar-refractivity contribution in [2.24, 2.45) is 10.8 Å². The van der Waals surface area contributed by atoms with E-state index in [1.54, 1.807) is 0 Å². The van der Waals surface area contributed by atoms with Gasteiger partial charge in [0.25, 0.3) is 0 Å². The second kappa shape index (κ2) is 4.40. The van der Waals surface area contributed by atoms with Crippen molar-refractivity contribution in [3.63, 3.8) is 0 Å². The van der Waals surface area contributed by atoms with Crippen LogP contribution in [0.1, 0.15) is 40.0 Å². The van der Waals surface area contributed by atoms with Gasteiger partial charge in [0.1, 0.15) is 0 Å². The third kappa shape index (κ3) is 1.54. The van der Waals surface area contributed by atoms with E-state index in [1.807, 2.05) is 6.20 Å². The van der Waals surface area contributed by atoms with E-state index < -0.39 is 0 Å². The summed E-state index contributed by atoms with van der Waals surface area (Å²) in [5.74, 6) is 0. The molecule has 1 fully saturated rings. The molecule has 0 aromatic heterocycles.